The summed E-state index contributed by atoms with van der Waals surface area (Å²) in [5, 5.41) is 0. The number of aryl methyl sites for hydroxylation is 1. The topological polar surface area (TPSA) is 103 Å². The van der Waals surface area contributed by atoms with Crippen LogP contribution >= 0.6 is 0 Å². The van der Waals surface area contributed by atoms with Gasteiger partial charge >= 0.3 is 0 Å². The Labute approximate surface area is 188 Å². The van der Waals surface area contributed by atoms with E-state index in [-0.39, 0.29) is 5.54 Å². The lowest BCUT2D eigenvalue weighted by Crippen LogP contribution is -2.42. The lowest BCUT2D eigenvalue weighted by molar-refractivity contribution is 0.1000. The minimum atomic E-state index is -0.409. The predicted molar refractivity (Wildman–Crippen MR) is 130 cm³/mol. The van der Waals surface area contributed by atoms with Crippen molar-refractivity contribution < 1.29 is 4.79 Å². The molecule has 1 aliphatic carbocycles. The van der Waals surface area contributed by atoms with E-state index in [4.69, 9.17) is 11.5 Å². The molecule has 0 fully saturated rings. The summed E-state index contributed by atoms with van der Waals surface area (Å²) in [6.45, 7) is 4.32. The van der Waals surface area contributed by atoms with Crippen LogP contribution in [0.5, 0.6) is 0 Å². The summed E-state index contributed by atoms with van der Waals surface area (Å²) in [5.74, 6) is -0.409. The molecule has 2 aromatic rings. The third-order valence-corrected chi connectivity index (χ3v) is 6.18. The minimum absolute atomic E-state index is 0.260. The molecule has 1 amide bonds. The number of carbonyl (C=O) groups excluding carboxylic acids is 1. The third kappa shape index (κ3) is 3.45. The Morgan fingerprint density at radius 1 is 1.34 bits per heavy atom. The minimum Gasteiger partial charge on any atom is -0.404 e. The van der Waals surface area contributed by atoms with Crippen LogP contribution in [0.15, 0.2) is 71.9 Å². The second kappa shape index (κ2) is 8.34. The zero-order chi connectivity index (χ0) is 22.9. The third-order valence-electron chi connectivity index (χ3n) is 6.18. The van der Waals surface area contributed by atoms with E-state index in [1.165, 1.54) is 11.8 Å². The second-order valence-corrected chi connectivity index (χ2v) is 8.10. The molecule has 1 aromatic heterocycles. The van der Waals surface area contributed by atoms with Crippen molar-refractivity contribution in [3.05, 3.63) is 83.7 Å². The number of allylic oxidation sites excluding steroid dienone is 3. The maximum Gasteiger partial charge on any atom is 0.248 e. The highest BCUT2D eigenvalue weighted by Crippen LogP contribution is 2.45. The average Bonchev–Trinajstić information content (AvgIpc) is 3.41. The number of imidazole rings is 1. The van der Waals surface area contributed by atoms with Gasteiger partial charge in [0, 0.05) is 54.3 Å². The number of aromatic nitrogens is 2. The average molecular weight is 429 g/mol. The van der Waals surface area contributed by atoms with Crippen LogP contribution in [0.3, 0.4) is 0 Å². The van der Waals surface area contributed by atoms with Crippen molar-refractivity contribution in [2.75, 3.05) is 11.9 Å². The summed E-state index contributed by atoms with van der Waals surface area (Å²) < 4.78 is 2.02. The maximum atomic E-state index is 11.7. The first-order chi connectivity index (χ1) is 15.4. The molecule has 2 heterocycles. The van der Waals surface area contributed by atoms with Gasteiger partial charge in [-0.1, -0.05) is 13.0 Å². The number of primary amides is 1. The summed E-state index contributed by atoms with van der Waals surface area (Å²) in [7, 11) is 1.71. The Balaban J connectivity index is 1.75. The van der Waals surface area contributed by atoms with E-state index in [2.05, 4.69) is 53.2 Å². The molecule has 1 aliphatic heterocycles. The van der Waals surface area contributed by atoms with Crippen LogP contribution in [0.2, 0.25) is 0 Å². The molecule has 164 valence electrons. The van der Waals surface area contributed by atoms with Crippen LogP contribution in [-0.2, 0) is 6.42 Å². The summed E-state index contributed by atoms with van der Waals surface area (Å²) in [5.41, 5.74) is 17.5. The molecule has 2 aliphatic rings. The van der Waals surface area contributed by atoms with Gasteiger partial charge in [0.25, 0.3) is 0 Å². The van der Waals surface area contributed by atoms with Crippen molar-refractivity contribution in [2.45, 2.75) is 32.2 Å². The van der Waals surface area contributed by atoms with E-state index >= 15 is 0 Å². The van der Waals surface area contributed by atoms with Crippen molar-refractivity contribution >= 4 is 29.1 Å². The molecule has 0 spiro atoms. The standard InChI is InChI=1S/C25H28N6O/c1-4-17-12-18(24(27)32)7-8-22(17)31-11-9-20-23(6-5-10-25(20,31)2)30-15-21(29-16-30)19(13-26)14-28-3/h5-9,11-16H,4,10,26H2,1-3H3,(H2,27,32). The number of hydrogen-bond donors (Lipinski definition) is 2. The molecule has 1 aromatic carbocycles. The maximum absolute atomic E-state index is 11.7. The Kier molecular flexibility index (Phi) is 5.57. The highest BCUT2D eigenvalue weighted by atomic mass is 16.1. The molecule has 0 saturated heterocycles. The van der Waals surface area contributed by atoms with Gasteiger partial charge in [-0.05, 0) is 55.7 Å². The van der Waals surface area contributed by atoms with Crippen molar-refractivity contribution in [3.8, 4) is 0 Å². The van der Waals surface area contributed by atoms with E-state index in [0.29, 0.717) is 5.56 Å². The highest BCUT2D eigenvalue weighted by molar-refractivity contribution is 6.08. The molecule has 0 saturated carbocycles. The normalized spacial score (nSPS) is 20.5. The van der Waals surface area contributed by atoms with Gasteiger partial charge in [0.15, 0.2) is 0 Å². The quantitative estimate of drug-likeness (QED) is 0.687. The van der Waals surface area contributed by atoms with Gasteiger partial charge in [-0.3, -0.25) is 9.79 Å². The van der Waals surface area contributed by atoms with Gasteiger partial charge in [-0.25, -0.2) is 4.98 Å². The van der Waals surface area contributed by atoms with E-state index in [9.17, 15) is 4.79 Å². The largest absolute Gasteiger partial charge is 0.404 e. The fourth-order valence-electron chi connectivity index (χ4n) is 4.45. The molecule has 0 radical (unpaired) electrons. The van der Waals surface area contributed by atoms with E-state index < -0.39 is 5.91 Å². The number of fused-ring (bicyclic) bond motifs is 1. The van der Waals surface area contributed by atoms with Crippen LogP contribution in [0.25, 0.3) is 11.3 Å². The Morgan fingerprint density at radius 2 is 2.16 bits per heavy atom. The summed E-state index contributed by atoms with van der Waals surface area (Å²) >= 11 is 0. The first-order valence-corrected chi connectivity index (χ1v) is 10.6. The second-order valence-electron chi connectivity index (χ2n) is 8.10. The fraction of sp³-hybridized carbons (Fsp3) is 0.240. The smallest absolute Gasteiger partial charge is 0.248 e. The van der Waals surface area contributed by atoms with Crippen LogP contribution in [0.1, 0.15) is 41.9 Å². The lowest BCUT2D eigenvalue weighted by atomic mass is 9.83. The number of rotatable bonds is 6. The monoisotopic (exact) mass is 428 g/mol. The predicted octanol–water partition coefficient (Wildman–Crippen LogP) is 3.51. The fourth-order valence-corrected chi connectivity index (χ4v) is 4.45. The van der Waals surface area contributed by atoms with Gasteiger partial charge in [-0.15, -0.1) is 0 Å². The van der Waals surface area contributed by atoms with Gasteiger partial charge in [0.2, 0.25) is 5.91 Å². The van der Waals surface area contributed by atoms with Crippen LogP contribution in [-0.4, -0.2) is 34.3 Å². The molecule has 1 unspecified atom stereocenters. The molecular weight excluding hydrogens is 400 g/mol. The van der Waals surface area contributed by atoms with Crippen LogP contribution < -0.4 is 16.4 Å². The summed E-state index contributed by atoms with van der Waals surface area (Å²) in [6.07, 6.45) is 17.2. The number of amides is 1. The van der Waals surface area contributed by atoms with Gasteiger partial charge in [0.1, 0.15) is 0 Å². The number of anilines is 1. The van der Waals surface area contributed by atoms with E-state index in [0.717, 1.165) is 41.1 Å². The molecule has 1 atom stereocenters. The number of hydrogen-bond acceptors (Lipinski definition) is 5. The molecular formula is C25H28N6O. The molecule has 7 heteroatoms. The Hall–Kier alpha value is -3.87. The van der Waals surface area contributed by atoms with Crippen molar-refractivity contribution in [2.24, 2.45) is 16.5 Å². The van der Waals surface area contributed by atoms with Crippen molar-refractivity contribution in [3.63, 3.8) is 0 Å². The molecule has 32 heavy (non-hydrogen) atoms. The van der Waals surface area contributed by atoms with Crippen LogP contribution in [0, 0.1) is 0 Å². The van der Waals surface area contributed by atoms with Crippen LogP contribution in [0.4, 0.5) is 5.69 Å². The number of nitrogens with zero attached hydrogens (tertiary/aromatic N) is 4. The zero-order valence-corrected chi connectivity index (χ0v) is 18.6. The Bertz CT molecular complexity index is 1210. The lowest BCUT2D eigenvalue weighted by Gasteiger charge is -2.40. The van der Waals surface area contributed by atoms with Gasteiger partial charge in [-0.2, -0.15) is 0 Å². The number of benzene rings is 1. The SMILES string of the molecule is CCc1cc(C(N)=O)ccc1N1C=CC2=C(n3cnc(C(C=NC)=CN)c3)C=CCC21C. The van der Waals surface area contributed by atoms with E-state index in [1.54, 1.807) is 25.7 Å². The highest BCUT2D eigenvalue weighted by Gasteiger charge is 2.41. The molecule has 0 bridgehead atoms. The summed E-state index contributed by atoms with van der Waals surface area (Å²) in [4.78, 5) is 22.5. The number of nitrogens with two attached hydrogens (primary N) is 2. The molecule has 4 N–H and O–H groups in total. The van der Waals surface area contributed by atoms with Crippen molar-refractivity contribution in [1.29, 1.82) is 0 Å². The van der Waals surface area contributed by atoms with E-state index in [1.807, 2.05) is 22.9 Å². The summed E-state index contributed by atoms with van der Waals surface area (Å²) in [6, 6.07) is 5.69. The molecule has 4 rings (SSSR count). The Morgan fingerprint density at radius 3 is 2.84 bits per heavy atom. The number of aliphatic imine (C=N–C) groups is 1. The first-order valence-electron chi connectivity index (χ1n) is 10.6. The van der Waals surface area contributed by atoms with Gasteiger partial charge < -0.3 is 20.9 Å². The number of carbonyl (C=O) groups is 1. The zero-order valence-electron chi connectivity index (χ0n) is 18.6. The molecule has 7 nitrogen and oxygen atoms in total. The van der Waals surface area contributed by atoms with Crippen molar-refractivity contribution in [1.82, 2.24) is 9.55 Å². The first kappa shape index (κ1) is 21.4. The van der Waals surface area contributed by atoms with Gasteiger partial charge in [0.05, 0.1) is 23.3 Å².